The molecule has 0 radical (unpaired) electrons. The van der Waals surface area contributed by atoms with E-state index in [-0.39, 0.29) is 0 Å². The van der Waals surface area contributed by atoms with E-state index in [0.29, 0.717) is 23.4 Å². The highest BCUT2D eigenvalue weighted by molar-refractivity contribution is 7.18. The van der Waals surface area contributed by atoms with Crippen molar-refractivity contribution in [2.75, 3.05) is 18.0 Å². The van der Waals surface area contributed by atoms with Crippen LogP contribution < -0.4 is 4.90 Å². The molecule has 1 aliphatic rings. The molecule has 0 bridgehead atoms. The predicted molar refractivity (Wildman–Crippen MR) is 99.0 cm³/mol. The number of aryl methyl sites for hydroxylation is 1. The van der Waals surface area contributed by atoms with Crippen LogP contribution in [0.4, 0.5) is 5.88 Å². The normalized spacial score (nSPS) is 15.6. The number of nitrogens with zero attached hydrogens (tertiary/aromatic N) is 4. The lowest BCUT2D eigenvalue weighted by Crippen LogP contribution is -2.33. The first kappa shape index (κ1) is 16.1. The zero-order chi connectivity index (χ0) is 17.2. The summed E-state index contributed by atoms with van der Waals surface area (Å²) in [5, 5.41) is 10.6. The SMILES string of the molecule is CCCc1nc(C#N)c(N2CCC(c3nc4ccccc4s3)CC2)o1. The fourth-order valence-corrected chi connectivity index (χ4v) is 4.49. The molecule has 3 aromatic rings. The lowest BCUT2D eigenvalue weighted by Gasteiger charge is -2.30. The summed E-state index contributed by atoms with van der Waals surface area (Å²) in [4.78, 5) is 11.3. The molecule has 3 heterocycles. The number of nitriles is 1. The van der Waals surface area contributed by atoms with Crippen LogP contribution in [0.2, 0.25) is 0 Å². The monoisotopic (exact) mass is 352 g/mol. The number of hydrogen-bond acceptors (Lipinski definition) is 6. The maximum absolute atomic E-state index is 9.33. The number of benzene rings is 1. The molecule has 0 saturated carbocycles. The van der Waals surface area contributed by atoms with Gasteiger partial charge in [0, 0.05) is 25.4 Å². The Labute approximate surface area is 150 Å². The largest absolute Gasteiger partial charge is 0.424 e. The molecule has 2 aromatic heterocycles. The number of anilines is 1. The van der Waals surface area contributed by atoms with Crippen LogP contribution in [0.15, 0.2) is 28.7 Å². The highest BCUT2D eigenvalue weighted by Crippen LogP contribution is 2.35. The van der Waals surface area contributed by atoms with Gasteiger partial charge in [0.1, 0.15) is 6.07 Å². The summed E-state index contributed by atoms with van der Waals surface area (Å²) in [7, 11) is 0. The van der Waals surface area contributed by atoms with Crippen LogP contribution in [0.5, 0.6) is 0 Å². The third-order valence-electron chi connectivity index (χ3n) is 4.67. The first-order valence-electron chi connectivity index (χ1n) is 8.78. The quantitative estimate of drug-likeness (QED) is 0.692. The molecule has 25 heavy (non-hydrogen) atoms. The minimum atomic E-state index is 0.418. The Morgan fingerprint density at radius 2 is 2.08 bits per heavy atom. The fourth-order valence-electron chi connectivity index (χ4n) is 3.36. The zero-order valence-corrected chi connectivity index (χ0v) is 15.1. The second-order valence-electron chi connectivity index (χ2n) is 6.40. The van der Waals surface area contributed by atoms with Crippen LogP contribution in [0, 0.1) is 11.3 Å². The Bertz CT molecular complexity index is 882. The van der Waals surface area contributed by atoms with Crippen molar-refractivity contribution in [3.05, 3.63) is 40.9 Å². The van der Waals surface area contributed by atoms with Gasteiger partial charge in [-0.2, -0.15) is 5.26 Å². The predicted octanol–water partition coefficient (Wildman–Crippen LogP) is 4.49. The molecule has 6 heteroatoms. The van der Waals surface area contributed by atoms with E-state index in [4.69, 9.17) is 9.40 Å². The second-order valence-corrected chi connectivity index (χ2v) is 7.47. The molecule has 1 aromatic carbocycles. The summed E-state index contributed by atoms with van der Waals surface area (Å²) in [6.45, 7) is 3.82. The van der Waals surface area contributed by atoms with Crippen molar-refractivity contribution in [1.82, 2.24) is 9.97 Å². The number of para-hydroxylation sites is 1. The number of thiazole rings is 1. The summed E-state index contributed by atoms with van der Waals surface area (Å²) in [6.07, 6.45) is 3.78. The van der Waals surface area contributed by atoms with Gasteiger partial charge >= 0.3 is 0 Å². The molecular formula is C19H20N4OS. The molecule has 4 rings (SSSR count). The molecule has 0 unspecified atom stereocenters. The topological polar surface area (TPSA) is 66.0 Å². The van der Waals surface area contributed by atoms with Crippen molar-refractivity contribution in [3.63, 3.8) is 0 Å². The van der Waals surface area contributed by atoms with Gasteiger partial charge in [-0.25, -0.2) is 9.97 Å². The molecule has 0 aliphatic carbocycles. The number of rotatable bonds is 4. The molecule has 0 N–H and O–H groups in total. The van der Waals surface area contributed by atoms with E-state index in [1.165, 1.54) is 9.71 Å². The molecule has 1 aliphatic heterocycles. The van der Waals surface area contributed by atoms with Gasteiger partial charge in [-0.15, -0.1) is 11.3 Å². The Morgan fingerprint density at radius 1 is 1.28 bits per heavy atom. The Kier molecular flexibility index (Phi) is 4.41. The molecule has 1 fully saturated rings. The van der Waals surface area contributed by atoms with Crippen LogP contribution >= 0.6 is 11.3 Å². The van der Waals surface area contributed by atoms with Crippen molar-refractivity contribution in [2.24, 2.45) is 0 Å². The number of aromatic nitrogens is 2. The van der Waals surface area contributed by atoms with Crippen LogP contribution in [-0.2, 0) is 6.42 Å². The molecule has 5 nitrogen and oxygen atoms in total. The minimum Gasteiger partial charge on any atom is -0.424 e. The standard InChI is InChI=1S/C19H20N4OS/c1-2-5-17-21-15(12-20)19(24-17)23-10-8-13(9-11-23)18-22-14-6-3-4-7-16(14)25-18/h3-4,6-7,13H,2,5,8-11H2,1H3. The minimum absolute atomic E-state index is 0.418. The molecule has 128 valence electrons. The van der Waals surface area contributed by atoms with Gasteiger partial charge < -0.3 is 9.32 Å². The van der Waals surface area contributed by atoms with Gasteiger partial charge in [-0.1, -0.05) is 19.1 Å². The van der Waals surface area contributed by atoms with Gasteiger partial charge in [0.05, 0.1) is 15.2 Å². The smallest absolute Gasteiger partial charge is 0.234 e. The van der Waals surface area contributed by atoms with Crippen molar-refractivity contribution in [3.8, 4) is 6.07 Å². The van der Waals surface area contributed by atoms with Gasteiger partial charge in [0.15, 0.2) is 5.89 Å². The van der Waals surface area contributed by atoms with E-state index in [1.807, 2.05) is 6.07 Å². The van der Waals surface area contributed by atoms with E-state index in [1.54, 1.807) is 11.3 Å². The van der Waals surface area contributed by atoms with Gasteiger partial charge in [-0.05, 0) is 31.4 Å². The summed E-state index contributed by atoms with van der Waals surface area (Å²) in [5.74, 6) is 1.80. The first-order valence-corrected chi connectivity index (χ1v) is 9.60. The average Bonchev–Trinajstić information content (AvgIpc) is 3.26. The lowest BCUT2D eigenvalue weighted by atomic mass is 9.97. The Balaban J connectivity index is 1.49. The number of hydrogen-bond donors (Lipinski definition) is 0. The summed E-state index contributed by atoms with van der Waals surface area (Å²) < 4.78 is 7.11. The third kappa shape index (κ3) is 3.12. The fraction of sp³-hybridized carbons (Fsp3) is 0.421. The summed E-state index contributed by atoms with van der Waals surface area (Å²) in [5.41, 5.74) is 1.51. The van der Waals surface area contributed by atoms with Gasteiger partial charge in [0.25, 0.3) is 0 Å². The summed E-state index contributed by atoms with van der Waals surface area (Å²) in [6, 6.07) is 10.5. The van der Waals surface area contributed by atoms with E-state index < -0.39 is 0 Å². The van der Waals surface area contributed by atoms with E-state index >= 15 is 0 Å². The molecule has 0 amide bonds. The first-order chi connectivity index (χ1) is 12.3. The maximum atomic E-state index is 9.33. The highest BCUT2D eigenvalue weighted by Gasteiger charge is 2.27. The second kappa shape index (κ2) is 6.85. The van der Waals surface area contributed by atoms with E-state index in [9.17, 15) is 5.26 Å². The molecule has 1 saturated heterocycles. The van der Waals surface area contributed by atoms with Crippen molar-refractivity contribution in [1.29, 1.82) is 5.26 Å². The van der Waals surface area contributed by atoms with E-state index in [2.05, 4.69) is 41.1 Å². The third-order valence-corrected chi connectivity index (χ3v) is 5.86. The Morgan fingerprint density at radius 3 is 2.80 bits per heavy atom. The Hall–Kier alpha value is -2.39. The van der Waals surface area contributed by atoms with Gasteiger partial charge in [0.2, 0.25) is 11.6 Å². The lowest BCUT2D eigenvalue weighted by molar-refractivity contribution is 0.442. The van der Waals surface area contributed by atoms with Crippen LogP contribution in [0.3, 0.4) is 0 Å². The van der Waals surface area contributed by atoms with E-state index in [0.717, 1.165) is 44.3 Å². The molecular weight excluding hydrogens is 332 g/mol. The van der Waals surface area contributed by atoms with Crippen LogP contribution in [-0.4, -0.2) is 23.1 Å². The average molecular weight is 352 g/mol. The number of piperidine rings is 1. The van der Waals surface area contributed by atoms with Crippen molar-refractivity contribution >= 4 is 27.4 Å². The number of oxazole rings is 1. The molecule has 0 spiro atoms. The van der Waals surface area contributed by atoms with Crippen molar-refractivity contribution in [2.45, 2.75) is 38.5 Å². The highest BCUT2D eigenvalue weighted by atomic mass is 32.1. The zero-order valence-electron chi connectivity index (χ0n) is 14.2. The maximum Gasteiger partial charge on any atom is 0.234 e. The molecule has 0 atom stereocenters. The van der Waals surface area contributed by atoms with Crippen LogP contribution in [0.25, 0.3) is 10.2 Å². The van der Waals surface area contributed by atoms with Crippen LogP contribution in [0.1, 0.15) is 48.7 Å². The number of fused-ring (bicyclic) bond motifs is 1. The van der Waals surface area contributed by atoms with Gasteiger partial charge in [-0.3, -0.25) is 0 Å². The summed E-state index contributed by atoms with van der Waals surface area (Å²) >= 11 is 1.80. The van der Waals surface area contributed by atoms with Crippen molar-refractivity contribution < 1.29 is 4.42 Å².